The molecule has 5 nitrogen and oxygen atoms in total. The topological polar surface area (TPSA) is 75.6 Å². The van der Waals surface area contributed by atoms with Crippen LogP contribution in [0.5, 0.6) is 0 Å². The molecule has 1 aromatic rings. The number of hydrogen-bond acceptors (Lipinski definition) is 3. The van der Waals surface area contributed by atoms with Gasteiger partial charge < -0.3 is 15.2 Å². The van der Waals surface area contributed by atoms with Gasteiger partial charge in [0.05, 0.1) is 6.61 Å². The minimum absolute atomic E-state index is 0.211. The van der Waals surface area contributed by atoms with Gasteiger partial charge in [-0.1, -0.05) is 24.3 Å². The van der Waals surface area contributed by atoms with Crippen LogP contribution >= 0.6 is 0 Å². The zero-order valence-corrected chi connectivity index (χ0v) is 10.5. The van der Waals surface area contributed by atoms with E-state index < -0.39 is 18.1 Å². The second-order valence-electron chi connectivity index (χ2n) is 3.89. The summed E-state index contributed by atoms with van der Waals surface area (Å²) in [7, 11) is 0. The summed E-state index contributed by atoms with van der Waals surface area (Å²) < 4.78 is 4.68. The lowest BCUT2D eigenvalue weighted by Gasteiger charge is -2.15. The Bertz CT molecular complexity index is 431. The molecule has 0 aliphatic carbocycles. The summed E-state index contributed by atoms with van der Waals surface area (Å²) in [5.74, 6) is -1.08. The summed E-state index contributed by atoms with van der Waals surface area (Å²) in [6.07, 6.45) is -0.473. The van der Waals surface area contributed by atoms with Gasteiger partial charge in [-0.25, -0.2) is 9.59 Å². The van der Waals surface area contributed by atoms with Gasteiger partial charge in [0.15, 0.2) is 0 Å². The predicted octanol–water partition coefficient (Wildman–Crippen LogP) is 1.74. The fourth-order valence-electron chi connectivity index (χ4n) is 1.57. The van der Waals surface area contributed by atoms with E-state index in [-0.39, 0.29) is 13.0 Å². The average molecular weight is 251 g/mol. The first-order valence-corrected chi connectivity index (χ1v) is 5.75. The van der Waals surface area contributed by atoms with Crippen molar-refractivity contribution >= 4 is 12.1 Å². The lowest BCUT2D eigenvalue weighted by Crippen LogP contribution is -2.42. The molecule has 0 aromatic heterocycles. The number of aryl methyl sites for hydroxylation is 1. The molecule has 1 rings (SSSR count). The third kappa shape index (κ3) is 4.08. The number of amides is 1. The third-order valence-corrected chi connectivity index (χ3v) is 2.55. The van der Waals surface area contributed by atoms with E-state index in [1.54, 1.807) is 6.92 Å². The number of ether oxygens (including phenoxy) is 1. The Labute approximate surface area is 106 Å². The van der Waals surface area contributed by atoms with Crippen molar-refractivity contribution in [2.45, 2.75) is 26.3 Å². The van der Waals surface area contributed by atoms with E-state index in [9.17, 15) is 9.59 Å². The number of carbonyl (C=O) groups is 2. The van der Waals surface area contributed by atoms with Gasteiger partial charge in [0.2, 0.25) is 0 Å². The zero-order valence-electron chi connectivity index (χ0n) is 10.5. The van der Waals surface area contributed by atoms with Crippen LogP contribution in [-0.4, -0.2) is 29.8 Å². The number of aliphatic carboxylic acids is 1. The van der Waals surface area contributed by atoms with E-state index in [1.807, 2.05) is 31.2 Å². The zero-order chi connectivity index (χ0) is 13.5. The van der Waals surface area contributed by atoms with Crippen molar-refractivity contribution < 1.29 is 19.4 Å². The Balaban J connectivity index is 2.72. The molecule has 0 aliphatic heterocycles. The first-order chi connectivity index (χ1) is 8.54. The Morgan fingerprint density at radius 3 is 2.61 bits per heavy atom. The maximum Gasteiger partial charge on any atom is 0.407 e. The number of carbonyl (C=O) groups excluding carboxylic acids is 1. The molecule has 1 amide bonds. The summed E-state index contributed by atoms with van der Waals surface area (Å²) in [6, 6.07) is 6.49. The van der Waals surface area contributed by atoms with Gasteiger partial charge in [-0.05, 0) is 25.0 Å². The summed E-state index contributed by atoms with van der Waals surface area (Å²) in [4.78, 5) is 22.3. The van der Waals surface area contributed by atoms with E-state index >= 15 is 0 Å². The summed E-state index contributed by atoms with van der Waals surface area (Å²) in [5, 5.41) is 11.4. The van der Waals surface area contributed by atoms with Crippen LogP contribution in [0.25, 0.3) is 0 Å². The van der Waals surface area contributed by atoms with Crippen LogP contribution in [0.15, 0.2) is 24.3 Å². The maximum atomic E-state index is 11.2. The van der Waals surface area contributed by atoms with E-state index in [2.05, 4.69) is 10.1 Å². The molecule has 1 unspecified atom stereocenters. The molecule has 0 bridgehead atoms. The molecular formula is C13H17NO4. The first kappa shape index (κ1) is 14.0. The monoisotopic (exact) mass is 251 g/mol. The smallest absolute Gasteiger partial charge is 0.407 e. The highest BCUT2D eigenvalue weighted by atomic mass is 16.5. The fourth-order valence-corrected chi connectivity index (χ4v) is 1.57. The van der Waals surface area contributed by atoms with Crippen LogP contribution in [0.4, 0.5) is 4.79 Å². The highest BCUT2D eigenvalue weighted by molar-refractivity contribution is 5.80. The third-order valence-electron chi connectivity index (χ3n) is 2.55. The first-order valence-electron chi connectivity index (χ1n) is 5.75. The van der Waals surface area contributed by atoms with Gasteiger partial charge in [-0.2, -0.15) is 0 Å². The summed E-state index contributed by atoms with van der Waals surface area (Å²) >= 11 is 0. The van der Waals surface area contributed by atoms with Gasteiger partial charge in [0.1, 0.15) is 6.04 Å². The van der Waals surface area contributed by atoms with Crippen LogP contribution < -0.4 is 5.32 Å². The Morgan fingerprint density at radius 2 is 2.06 bits per heavy atom. The van der Waals surface area contributed by atoms with Crippen molar-refractivity contribution in [1.29, 1.82) is 0 Å². The molecule has 0 saturated heterocycles. The van der Waals surface area contributed by atoms with Crippen molar-refractivity contribution in [3.05, 3.63) is 35.4 Å². The van der Waals surface area contributed by atoms with Crippen molar-refractivity contribution in [1.82, 2.24) is 5.32 Å². The molecule has 0 aliphatic rings. The van der Waals surface area contributed by atoms with E-state index in [0.717, 1.165) is 11.1 Å². The molecule has 0 spiro atoms. The SMILES string of the molecule is CCOC(=O)NC(Cc1ccccc1C)C(=O)O. The van der Waals surface area contributed by atoms with Gasteiger partial charge in [0, 0.05) is 6.42 Å². The molecule has 2 N–H and O–H groups in total. The lowest BCUT2D eigenvalue weighted by molar-refractivity contribution is -0.139. The number of hydrogen-bond donors (Lipinski definition) is 2. The molecule has 0 radical (unpaired) electrons. The number of alkyl carbamates (subject to hydrolysis) is 1. The molecule has 0 saturated carbocycles. The van der Waals surface area contributed by atoms with Crippen LogP contribution in [0, 0.1) is 6.92 Å². The molecular weight excluding hydrogens is 234 g/mol. The van der Waals surface area contributed by atoms with Crippen molar-refractivity contribution in [2.24, 2.45) is 0 Å². The maximum absolute atomic E-state index is 11.2. The minimum atomic E-state index is -1.08. The Hall–Kier alpha value is -2.04. The van der Waals surface area contributed by atoms with Gasteiger partial charge in [-0.15, -0.1) is 0 Å². The standard InChI is InChI=1S/C13H17NO4/c1-3-18-13(17)14-11(12(15)16)8-10-7-5-4-6-9(10)2/h4-7,11H,3,8H2,1-2H3,(H,14,17)(H,15,16). The van der Waals surface area contributed by atoms with Gasteiger partial charge >= 0.3 is 12.1 Å². The summed E-state index contributed by atoms with van der Waals surface area (Å²) in [6.45, 7) is 3.78. The quantitative estimate of drug-likeness (QED) is 0.835. The van der Waals surface area contributed by atoms with Crippen molar-refractivity contribution in [2.75, 3.05) is 6.61 Å². The molecule has 18 heavy (non-hydrogen) atoms. The number of rotatable bonds is 5. The highest BCUT2D eigenvalue weighted by Crippen LogP contribution is 2.10. The number of carboxylic acids is 1. The fraction of sp³-hybridized carbons (Fsp3) is 0.385. The van der Waals surface area contributed by atoms with E-state index in [1.165, 1.54) is 0 Å². The molecule has 1 atom stereocenters. The number of carboxylic acid groups (broad SMARTS) is 1. The molecule has 5 heteroatoms. The summed E-state index contributed by atoms with van der Waals surface area (Å²) in [5.41, 5.74) is 1.89. The number of benzene rings is 1. The molecule has 1 aromatic carbocycles. The molecule has 98 valence electrons. The second kappa shape index (κ2) is 6.64. The largest absolute Gasteiger partial charge is 0.480 e. The normalized spacial score (nSPS) is 11.7. The van der Waals surface area contributed by atoms with Crippen LogP contribution in [0.1, 0.15) is 18.1 Å². The van der Waals surface area contributed by atoms with Gasteiger partial charge in [-0.3, -0.25) is 0 Å². The predicted molar refractivity (Wildman–Crippen MR) is 66.5 cm³/mol. The Kier molecular flexibility index (Phi) is 5.17. The van der Waals surface area contributed by atoms with Crippen molar-refractivity contribution in [3.8, 4) is 0 Å². The van der Waals surface area contributed by atoms with E-state index in [0.29, 0.717) is 0 Å². The lowest BCUT2D eigenvalue weighted by atomic mass is 10.0. The van der Waals surface area contributed by atoms with E-state index in [4.69, 9.17) is 5.11 Å². The van der Waals surface area contributed by atoms with Gasteiger partial charge in [0.25, 0.3) is 0 Å². The molecule has 0 heterocycles. The van der Waals surface area contributed by atoms with Crippen LogP contribution in [-0.2, 0) is 16.0 Å². The Morgan fingerprint density at radius 1 is 1.39 bits per heavy atom. The second-order valence-corrected chi connectivity index (χ2v) is 3.89. The highest BCUT2D eigenvalue weighted by Gasteiger charge is 2.21. The average Bonchev–Trinajstić information content (AvgIpc) is 2.31. The van der Waals surface area contributed by atoms with Crippen molar-refractivity contribution in [3.63, 3.8) is 0 Å². The number of nitrogens with one attached hydrogen (secondary N) is 1. The van der Waals surface area contributed by atoms with Crippen LogP contribution in [0.3, 0.4) is 0 Å². The minimum Gasteiger partial charge on any atom is -0.480 e. The van der Waals surface area contributed by atoms with Crippen LogP contribution in [0.2, 0.25) is 0 Å². The molecule has 0 fully saturated rings.